The SMILES string of the molecule is Cc1cccc(NC(=O)NC2NC(C)CC(NCCCc3ccccn3)N2C2CCCCCCCCC2)c1. The first-order valence-electron chi connectivity index (χ1n) is 14.9. The third kappa shape index (κ3) is 9.07. The molecule has 7 heteroatoms. The van der Waals surface area contributed by atoms with Gasteiger partial charge in [0.2, 0.25) is 0 Å². The zero-order valence-electron chi connectivity index (χ0n) is 23.4. The summed E-state index contributed by atoms with van der Waals surface area (Å²) in [6, 6.07) is 14.7. The molecule has 2 fully saturated rings. The highest BCUT2D eigenvalue weighted by atomic mass is 16.2. The molecule has 0 spiro atoms. The second-order valence-electron chi connectivity index (χ2n) is 11.2. The molecule has 1 saturated carbocycles. The van der Waals surface area contributed by atoms with Crippen LogP contribution in [0.1, 0.15) is 88.8 Å². The Morgan fingerprint density at radius 1 is 1.03 bits per heavy atom. The fourth-order valence-corrected chi connectivity index (χ4v) is 6.02. The van der Waals surface area contributed by atoms with E-state index >= 15 is 0 Å². The van der Waals surface area contributed by atoms with Crippen LogP contribution in [-0.4, -0.2) is 47.0 Å². The molecule has 0 radical (unpaired) electrons. The van der Waals surface area contributed by atoms with Crippen molar-refractivity contribution in [3.05, 3.63) is 59.9 Å². The zero-order chi connectivity index (χ0) is 26.6. The largest absolute Gasteiger partial charge is 0.321 e. The van der Waals surface area contributed by atoms with Crippen molar-refractivity contribution in [1.29, 1.82) is 0 Å². The van der Waals surface area contributed by atoms with Crippen LogP contribution in [0.15, 0.2) is 48.7 Å². The summed E-state index contributed by atoms with van der Waals surface area (Å²) >= 11 is 0. The highest BCUT2D eigenvalue weighted by Gasteiger charge is 2.38. The quantitative estimate of drug-likeness (QED) is 0.325. The highest BCUT2D eigenvalue weighted by molar-refractivity contribution is 5.89. The number of nitrogens with zero attached hydrogens (tertiary/aromatic N) is 2. The molecular weight excluding hydrogens is 472 g/mol. The average Bonchev–Trinajstić information content (AvgIpc) is 2.90. The normalized spacial score (nSPS) is 24.0. The first-order valence-corrected chi connectivity index (χ1v) is 14.9. The Bertz CT molecular complexity index is 960. The Morgan fingerprint density at radius 3 is 2.50 bits per heavy atom. The molecule has 208 valence electrons. The molecule has 1 aromatic carbocycles. The standard InChI is InChI=1S/C31H48N6O/c1-24-14-12-16-27(22-24)35-31(38)36-30-34-25(2)23-29(33-21-13-17-26-15-10-11-20-32-26)37(30)28-18-8-6-4-3-5-7-9-19-28/h10-12,14-16,20,22,25,28-30,33-34H,3-9,13,17-19,21,23H2,1-2H3,(H2,35,36,38). The van der Waals surface area contributed by atoms with Gasteiger partial charge in [0.25, 0.3) is 0 Å². The number of nitrogens with one attached hydrogen (secondary N) is 4. The molecule has 3 atom stereocenters. The van der Waals surface area contributed by atoms with Gasteiger partial charge in [-0.2, -0.15) is 0 Å². The molecule has 1 aliphatic carbocycles. The number of carbonyl (C=O) groups is 1. The summed E-state index contributed by atoms with van der Waals surface area (Å²) in [4.78, 5) is 20.2. The summed E-state index contributed by atoms with van der Waals surface area (Å²) in [5, 5.41) is 13.9. The Hall–Kier alpha value is -2.48. The van der Waals surface area contributed by atoms with Gasteiger partial charge in [-0.3, -0.25) is 15.2 Å². The Morgan fingerprint density at radius 2 is 1.79 bits per heavy atom. The van der Waals surface area contributed by atoms with Crippen LogP contribution in [-0.2, 0) is 6.42 Å². The van der Waals surface area contributed by atoms with E-state index in [4.69, 9.17) is 0 Å². The number of hydrogen-bond acceptors (Lipinski definition) is 5. The maximum atomic E-state index is 13.2. The molecule has 3 unspecified atom stereocenters. The van der Waals surface area contributed by atoms with Crippen LogP contribution in [0.25, 0.3) is 0 Å². The van der Waals surface area contributed by atoms with E-state index in [1.54, 1.807) is 0 Å². The number of urea groups is 1. The van der Waals surface area contributed by atoms with E-state index in [1.165, 1.54) is 57.8 Å². The number of aryl methyl sites for hydroxylation is 2. The summed E-state index contributed by atoms with van der Waals surface area (Å²) < 4.78 is 0. The minimum atomic E-state index is -0.218. The van der Waals surface area contributed by atoms with Crippen molar-refractivity contribution < 1.29 is 4.79 Å². The fraction of sp³-hybridized carbons (Fsp3) is 0.613. The Labute approximate surface area is 229 Å². The molecule has 7 nitrogen and oxygen atoms in total. The first-order chi connectivity index (χ1) is 18.6. The minimum absolute atomic E-state index is 0.166. The third-order valence-electron chi connectivity index (χ3n) is 7.93. The van der Waals surface area contributed by atoms with Crippen molar-refractivity contribution in [2.75, 3.05) is 11.9 Å². The minimum Gasteiger partial charge on any atom is -0.309 e. The second-order valence-corrected chi connectivity index (χ2v) is 11.2. The monoisotopic (exact) mass is 520 g/mol. The summed E-state index contributed by atoms with van der Waals surface area (Å²) in [5.74, 6) is 0. The Balaban J connectivity index is 1.45. The molecule has 2 aliphatic rings. The Kier molecular flexibility index (Phi) is 11.4. The number of benzene rings is 1. The smallest absolute Gasteiger partial charge is 0.309 e. The molecule has 2 heterocycles. The molecule has 4 rings (SSSR count). The maximum absolute atomic E-state index is 13.2. The van der Waals surface area contributed by atoms with Crippen LogP contribution in [0.5, 0.6) is 0 Å². The lowest BCUT2D eigenvalue weighted by atomic mass is 9.94. The number of rotatable bonds is 8. The molecule has 1 aromatic heterocycles. The van der Waals surface area contributed by atoms with Crippen LogP contribution in [0, 0.1) is 6.92 Å². The van der Waals surface area contributed by atoms with Gasteiger partial charge in [0, 0.05) is 29.7 Å². The van der Waals surface area contributed by atoms with Gasteiger partial charge in [-0.1, -0.05) is 63.1 Å². The third-order valence-corrected chi connectivity index (χ3v) is 7.93. The van der Waals surface area contributed by atoms with E-state index in [2.05, 4.69) is 50.2 Å². The summed E-state index contributed by atoms with van der Waals surface area (Å²) in [5.41, 5.74) is 3.09. The van der Waals surface area contributed by atoms with E-state index in [0.717, 1.165) is 42.8 Å². The van der Waals surface area contributed by atoms with Crippen LogP contribution in [0.4, 0.5) is 10.5 Å². The van der Waals surface area contributed by atoms with Crippen LogP contribution in [0.3, 0.4) is 0 Å². The van der Waals surface area contributed by atoms with Gasteiger partial charge in [-0.25, -0.2) is 4.79 Å². The highest BCUT2D eigenvalue weighted by Crippen LogP contribution is 2.26. The van der Waals surface area contributed by atoms with Crippen LogP contribution in [0.2, 0.25) is 0 Å². The van der Waals surface area contributed by atoms with Gasteiger partial charge in [-0.15, -0.1) is 0 Å². The van der Waals surface area contributed by atoms with E-state index < -0.39 is 0 Å². The van der Waals surface area contributed by atoms with Crippen LogP contribution < -0.4 is 21.3 Å². The fourth-order valence-electron chi connectivity index (χ4n) is 6.02. The van der Waals surface area contributed by atoms with Gasteiger partial charge in [0.05, 0.1) is 6.17 Å². The van der Waals surface area contributed by atoms with Crippen molar-refractivity contribution in [2.24, 2.45) is 0 Å². The van der Waals surface area contributed by atoms with Gasteiger partial charge < -0.3 is 16.0 Å². The molecular formula is C31H48N6O. The van der Waals surface area contributed by atoms with E-state index in [9.17, 15) is 4.79 Å². The molecule has 2 amide bonds. The number of carbonyl (C=O) groups excluding carboxylic acids is 1. The first kappa shape index (κ1) is 28.5. The summed E-state index contributed by atoms with van der Waals surface area (Å²) in [6.07, 6.45) is 16.4. The average molecular weight is 521 g/mol. The molecule has 38 heavy (non-hydrogen) atoms. The lowest BCUT2D eigenvalue weighted by molar-refractivity contribution is -0.0218. The lowest BCUT2D eigenvalue weighted by Gasteiger charge is -2.49. The number of amides is 2. The number of pyridine rings is 1. The van der Waals surface area contributed by atoms with Gasteiger partial charge in [-0.05, 0) is 82.3 Å². The summed E-state index contributed by atoms with van der Waals surface area (Å²) in [6.45, 7) is 5.19. The van der Waals surface area contributed by atoms with Gasteiger partial charge in [0.1, 0.15) is 6.29 Å². The van der Waals surface area contributed by atoms with E-state index in [1.807, 2.05) is 43.5 Å². The maximum Gasteiger partial charge on any atom is 0.321 e. The topological polar surface area (TPSA) is 81.3 Å². The molecule has 4 N–H and O–H groups in total. The van der Waals surface area contributed by atoms with Crippen molar-refractivity contribution in [2.45, 2.75) is 115 Å². The molecule has 1 saturated heterocycles. The lowest BCUT2D eigenvalue weighted by Crippen LogP contribution is -2.71. The van der Waals surface area contributed by atoms with Gasteiger partial charge in [0.15, 0.2) is 0 Å². The predicted molar refractivity (Wildman–Crippen MR) is 156 cm³/mol. The van der Waals surface area contributed by atoms with Crippen molar-refractivity contribution in [3.63, 3.8) is 0 Å². The van der Waals surface area contributed by atoms with Crippen molar-refractivity contribution in [3.8, 4) is 0 Å². The number of anilines is 1. The molecule has 1 aliphatic heterocycles. The summed E-state index contributed by atoms with van der Waals surface area (Å²) in [7, 11) is 0. The van der Waals surface area contributed by atoms with E-state index in [0.29, 0.717) is 12.1 Å². The second kappa shape index (κ2) is 15.2. The predicted octanol–water partition coefficient (Wildman–Crippen LogP) is 5.92. The number of aromatic nitrogens is 1. The zero-order valence-corrected chi connectivity index (χ0v) is 23.4. The molecule has 2 aromatic rings. The van der Waals surface area contributed by atoms with Crippen LogP contribution >= 0.6 is 0 Å². The molecule has 0 bridgehead atoms. The van der Waals surface area contributed by atoms with E-state index in [-0.39, 0.29) is 18.5 Å². The number of hydrogen-bond donors (Lipinski definition) is 4. The van der Waals surface area contributed by atoms with Crippen molar-refractivity contribution >= 4 is 11.7 Å². The van der Waals surface area contributed by atoms with Crippen molar-refractivity contribution in [1.82, 2.24) is 25.8 Å². The van der Waals surface area contributed by atoms with Gasteiger partial charge >= 0.3 is 6.03 Å².